The van der Waals surface area contributed by atoms with E-state index in [2.05, 4.69) is 5.32 Å². The fraction of sp³-hybridized carbons (Fsp3) is 0.562. The maximum atomic E-state index is 12.6. The van der Waals surface area contributed by atoms with E-state index >= 15 is 0 Å². The number of fused-ring (bicyclic) bond motifs is 2. The van der Waals surface area contributed by atoms with Gasteiger partial charge in [-0.25, -0.2) is 0 Å². The zero-order valence-electron chi connectivity index (χ0n) is 12.3. The molecule has 0 aromatic carbocycles. The predicted octanol–water partition coefficient (Wildman–Crippen LogP) is 1.000. The number of carbonyl (C=O) groups excluding carboxylic acids is 1. The van der Waals surface area contributed by atoms with Crippen LogP contribution in [0.25, 0.3) is 0 Å². The number of allylic oxidation sites excluding steroid dienone is 1. The van der Waals surface area contributed by atoms with Crippen LogP contribution in [-0.4, -0.2) is 36.5 Å². The summed E-state index contributed by atoms with van der Waals surface area (Å²) in [6.45, 7) is 0.607. The number of nitrogens with zero attached hydrogens (tertiary/aromatic N) is 1. The Kier molecular flexibility index (Phi) is 2.77. The number of amides is 1. The van der Waals surface area contributed by atoms with Crippen molar-refractivity contribution < 1.29 is 9.53 Å². The standard InChI is InChI=1S/C16H21N3O2/c1-19-13-5-4-10(17)8-11(13)14-15(16(19)20)21-7-6-12(18-14)9-2-3-9/h4,8-9,12-13,18H,2-3,5-7,17H2,1H3/t12-,13?/m1/s1. The van der Waals surface area contributed by atoms with Crippen molar-refractivity contribution in [3.05, 3.63) is 34.9 Å². The number of likely N-dealkylation sites (N-methyl/N-ethyl adjacent to an activating group) is 1. The van der Waals surface area contributed by atoms with Crippen LogP contribution in [0.3, 0.4) is 0 Å². The summed E-state index contributed by atoms with van der Waals surface area (Å²) in [6, 6.07) is 0.486. The van der Waals surface area contributed by atoms with Crippen LogP contribution in [0.4, 0.5) is 0 Å². The van der Waals surface area contributed by atoms with Gasteiger partial charge in [0.15, 0.2) is 0 Å². The molecule has 0 aromatic heterocycles. The molecular formula is C16H21N3O2. The maximum Gasteiger partial charge on any atom is 0.291 e. The zero-order chi connectivity index (χ0) is 14.6. The first kappa shape index (κ1) is 12.8. The van der Waals surface area contributed by atoms with E-state index in [4.69, 9.17) is 10.5 Å². The quantitative estimate of drug-likeness (QED) is 0.755. The van der Waals surface area contributed by atoms with E-state index < -0.39 is 0 Å². The first-order chi connectivity index (χ1) is 10.1. The van der Waals surface area contributed by atoms with Gasteiger partial charge < -0.3 is 20.7 Å². The fourth-order valence-electron chi connectivity index (χ4n) is 3.54. The molecule has 112 valence electrons. The van der Waals surface area contributed by atoms with Crippen LogP contribution in [0.1, 0.15) is 25.7 Å². The van der Waals surface area contributed by atoms with Crippen LogP contribution < -0.4 is 11.1 Å². The molecule has 2 heterocycles. The topological polar surface area (TPSA) is 67.6 Å². The van der Waals surface area contributed by atoms with Gasteiger partial charge in [0.05, 0.1) is 18.3 Å². The largest absolute Gasteiger partial charge is 0.486 e. The van der Waals surface area contributed by atoms with Crippen molar-refractivity contribution in [2.75, 3.05) is 13.7 Å². The van der Waals surface area contributed by atoms with E-state index in [0.717, 1.165) is 35.7 Å². The molecule has 1 unspecified atom stereocenters. The Morgan fingerprint density at radius 3 is 2.95 bits per heavy atom. The highest BCUT2D eigenvalue weighted by molar-refractivity contribution is 5.95. The monoisotopic (exact) mass is 287 g/mol. The third-order valence-electron chi connectivity index (χ3n) is 4.95. The van der Waals surface area contributed by atoms with Gasteiger partial charge in [0.25, 0.3) is 5.91 Å². The Bertz CT molecular complexity index is 586. The van der Waals surface area contributed by atoms with Crippen LogP contribution in [0, 0.1) is 5.92 Å². The molecular weight excluding hydrogens is 266 g/mol. The summed E-state index contributed by atoms with van der Waals surface area (Å²) < 4.78 is 5.81. The van der Waals surface area contributed by atoms with Gasteiger partial charge in [0.2, 0.25) is 5.76 Å². The molecule has 21 heavy (non-hydrogen) atoms. The van der Waals surface area contributed by atoms with Gasteiger partial charge in [-0.3, -0.25) is 4.79 Å². The molecule has 0 saturated heterocycles. The molecule has 1 fully saturated rings. The van der Waals surface area contributed by atoms with Crippen molar-refractivity contribution in [3.8, 4) is 0 Å². The highest BCUT2D eigenvalue weighted by atomic mass is 16.5. The highest BCUT2D eigenvalue weighted by Gasteiger charge is 2.42. The van der Waals surface area contributed by atoms with E-state index in [1.807, 2.05) is 19.2 Å². The number of carbonyl (C=O) groups is 1. The molecule has 2 aliphatic heterocycles. The Morgan fingerprint density at radius 1 is 1.38 bits per heavy atom. The van der Waals surface area contributed by atoms with Gasteiger partial charge in [-0.1, -0.05) is 6.08 Å². The molecule has 5 heteroatoms. The molecule has 0 radical (unpaired) electrons. The van der Waals surface area contributed by atoms with Gasteiger partial charge in [0.1, 0.15) is 0 Å². The Balaban J connectivity index is 1.77. The molecule has 5 nitrogen and oxygen atoms in total. The predicted molar refractivity (Wildman–Crippen MR) is 78.8 cm³/mol. The highest BCUT2D eigenvalue weighted by Crippen LogP contribution is 2.39. The second-order valence-electron chi connectivity index (χ2n) is 6.40. The second kappa shape index (κ2) is 4.55. The summed E-state index contributed by atoms with van der Waals surface area (Å²) in [5.41, 5.74) is 8.73. The smallest absolute Gasteiger partial charge is 0.291 e. The van der Waals surface area contributed by atoms with Crippen molar-refractivity contribution >= 4 is 5.91 Å². The first-order valence-electron chi connectivity index (χ1n) is 7.73. The summed E-state index contributed by atoms with van der Waals surface area (Å²) >= 11 is 0. The Hall–Kier alpha value is -1.91. The van der Waals surface area contributed by atoms with Gasteiger partial charge in [-0.05, 0) is 31.3 Å². The maximum absolute atomic E-state index is 12.6. The van der Waals surface area contributed by atoms with Gasteiger partial charge in [-0.15, -0.1) is 0 Å². The van der Waals surface area contributed by atoms with Gasteiger partial charge >= 0.3 is 0 Å². The lowest BCUT2D eigenvalue weighted by atomic mass is 9.89. The molecule has 1 amide bonds. The van der Waals surface area contributed by atoms with Crippen LogP contribution in [0.15, 0.2) is 34.9 Å². The van der Waals surface area contributed by atoms with Crippen LogP contribution in [0.2, 0.25) is 0 Å². The van der Waals surface area contributed by atoms with Crippen LogP contribution in [-0.2, 0) is 9.53 Å². The summed E-state index contributed by atoms with van der Waals surface area (Å²) in [4.78, 5) is 14.3. The number of rotatable bonds is 1. The van der Waals surface area contributed by atoms with E-state index in [-0.39, 0.29) is 11.9 Å². The number of hydrogen-bond acceptors (Lipinski definition) is 4. The van der Waals surface area contributed by atoms with Crippen LogP contribution >= 0.6 is 0 Å². The van der Waals surface area contributed by atoms with Crippen molar-refractivity contribution in [1.82, 2.24) is 10.2 Å². The minimum Gasteiger partial charge on any atom is -0.486 e. The minimum absolute atomic E-state index is 0.0232. The van der Waals surface area contributed by atoms with Gasteiger partial charge in [-0.2, -0.15) is 0 Å². The summed E-state index contributed by atoms with van der Waals surface area (Å²) in [7, 11) is 1.84. The molecule has 0 aromatic rings. The Labute approximate surface area is 124 Å². The lowest BCUT2D eigenvalue weighted by Gasteiger charge is -2.38. The lowest BCUT2D eigenvalue weighted by Crippen LogP contribution is -2.47. The SMILES string of the molecule is CN1C(=O)C2=C(N[C@@H](C3CC3)CCO2)C2=CC(N)=CCC21. The zero-order valence-corrected chi connectivity index (χ0v) is 12.3. The lowest BCUT2D eigenvalue weighted by molar-refractivity contribution is -0.131. The average molecular weight is 287 g/mol. The van der Waals surface area contributed by atoms with E-state index in [9.17, 15) is 4.79 Å². The summed E-state index contributed by atoms with van der Waals surface area (Å²) in [5.74, 6) is 1.17. The molecule has 1 saturated carbocycles. The van der Waals surface area contributed by atoms with Gasteiger partial charge in [0, 0.05) is 30.8 Å². The minimum atomic E-state index is -0.0232. The van der Waals surface area contributed by atoms with Crippen molar-refractivity contribution in [1.29, 1.82) is 0 Å². The average Bonchev–Trinajstić information content (AvgIpc) is 3.29. The third-order valence-corrected chi connectivity index (χ3v) is 4.95. The fourth-order valence-corrected chi connectivity index (χ4v) is 3.54. The first-order valence-corrected chi connectivity index (χ1v) is 7.73. The number of nitrogens with two attached hydrogens (primary N) is 1. The summed E-state index contributed by atoms with van der Waals surface area (Å²) in [5, 5.41) is 3.61. The normalized spacial score (nSPS) is 32.2. The molecule has 2 aliphatic carbocycles. The van der Waals surface area contributed by atoms with Crippen molar-refractivity contribution in [2.24, 2.45) is 11.7 Å². The van der Waals surface area contributed by atoms with Crippen molar-refractivity contribution in [3.63, 3.8) is 0 Å². The van der Waals surface area contributed by atoms with Crippen molar-refractivity contribution in [2.45, 2.75) is 37.8 Å². The second-order valence-corrected chi connectivity index (χ2v) is 6.40. The van der Waals surface area contributed by atoms with E-state index in [1.165, 1.54) is 12.8 Å². The Morgan fingerprint density at radius 2 is 2.19 bits per heavy atom. The summed E-state index contributed by atoms with van der Waals surface area (Å²) in [6.07, 6.45) is 8.25. The number of hydrogen-bond donors (Lipinski definition) is 2. The molecule has 3 N–H and O–H groups in total. The third kappa shape index (κ3) is 2.03. The number of ether oxygens (including phenoxy) is 1. The van der Waals surface area contributed by atoms with E-state index in [1.54, 1.807) is 4.90 Å². The number of nitrogens with one attached hydrogen (secondary N) is 1. The molecule has 0 spiro atoms. The van der Waals surface area contributed by atoms with Crippen LogP contribution in [0.5, 0.6) is 0 Å². The molecule has 0 bridgehead atoms. The molecule has 2 atom stereocenters. The molecule has 4 rings (SSSR count). The molecule has 4 aliphatic rings. The van der Waals surface area contributed by atoms with E-state index in [0.29, 0.717) is 18.4 Å².